The molecule has 1 aromatic carbocycles. The van der Waals surface area contributed by atoms with Crippen LogP contribution in [0.4, 0.5) is 4.39 Å². The van der Waals surface area contributed by atoms with E-state index in [1.807, 2.05) is 6.92 Å². The molecule has 136 valence electrons. The maximum atomic E-state index is 14.0. The number of rotatable bonds is 5. The van der Waals surface area contributed by atoms with Crippen LogP contribution in [0.15, 0.2) is 18.2 Å². The standard InChI is InChI=1S/C19H23ClFNO3/c1-2-25-18(24)19(12-13-6-7-13)8-10-22(11-9-19)17(23)16-14(20)4-3-5-15(16)21/h3-5,13H,2,6-12H2,1H3. The summed E-state index contributed by atoms with van der Waals surface area (Å²) in [6.45, 7) is 2.99. The zero-order chi connectivity index (χ0) is 18.0. The third-order valence-corrected chi connectivity index (χ3v) is 5.58. The average molecular weight is 368 g/mol. The molecule has 25 heavy (non-hydrogen) atoms. The van der Waals surface area contributed by atoms with E-state index in [4.69, 9.17) is 16.3 Å². The number of carbonyl (C=O) groups is 2. The van der Waals surface area contributed by atoms with E-state index in [1.54, 1.807) is 4.90 Å². The lowest BCUT2D eigenvalue weighted by molar-refractivity contribution is -0.159. The predicted molar refractivity (Wildman–Crippen MR) is 93.0 cm³/mol. The summed E-state index contributed by atoms with van der Waals surface area (Å²) in [6.07, 6.45) is 4.26. The summed E-state index contributed by atoms with van der Waals surface area (Å²) in [7, 11) is 0. The molecule has 1 amide bonds. The highest BCUT2D eigenvalue weighted by atomic mass is 35.5. The highest BCUT2D eigenvalue weighted by Gasteiger charge is 2.46. The number of halogens is 2. The number of nitrogens with zero attached hydrogens (tertiary/aromatic N) is 1. The van der Waals surface area contributed by atoms with Gasteiger partial charge in [0.2, 0.25) is 0 Å². The fourth-order valence-electron chi connectivity index (χ4n) is 3.65. The smallest absolute Gasteiger partial charge is 0.312 e. The largest absolute Gasteiger partial charge is 0.466 e. The Morgan fingerprint density at radius 2 is 2.00 bits per heavy atom. The van der Waals surface area contributed by atoms with E-state index < -0.39 is 17.1 Å². The summed E-state index contributed by atoms with van der Waals surface area (Å²) in [5.74, 6) is -0.588. The molecule has 1 saturated heterocycles. The number of ether oxygens (including phenoxy) is 1. The van der Waals surface area contributed by atoms with Crippen LogP contribution in [0, 0.1) is 17.2 Å². The molecule has 0 bridgehead atoms. The Balaban J connectivity index is 1.72. The van der Waals surface area contributed by atoms with Crippen molar-refractivity contribution in [3.8, 4) is 0 Å². The Kier molecular flexibility index (Phi) is 5.32. The van der Waals surface area contributed by atoms with Crippen LogP contribution in [0.1, 0.15) is 49.4 Å². The van der Waals surface area contributed by atoms with Crippen molar-refractivity contribution < 1.29 is 18.7 Å². The summed E-state index contributed by atoms with van der Waals surface area (Å²) < 4.78 is 19.3. The molecular formula is C19H23ClFNO3. The number of esters is 1. The Hall–Kier alpha value is -1.62. The van der Waals surface area contributed by atoms with Gasteiger partial charge in [-0.15, -0.1) is 0 Å². The van der Waals surface area contributed by atoms with Crippen LogP contribution in [0.3, 0.4) is 0 Å². The first-order valence-corrected chi connectivity index (χ1v) is 9.25. The molecule has 1 aromatic rings. The number of hydrogen-bond donors (Lipinski definition) is 0. The van der Waals surface area contributed by atoms with E-state index in [-0.39, 0.29) is 16.6 Å². The fourth-order valence-corrected chi connectivity index (χ4v) is 3.89. The number of carbonyl (C=O) groups excluding carboxylic acids is 2. The minimum Gasteiger partial charge on any atom is -0.466 e. The van der Waals surface area contributed by atoms with Gasteiger partial charge in [-0.2, -0.15) is 0 Å². The Morgan fingerprint density at radius 1 is 1.32 bits per heavy atom. The normalized spacial score (nSPS) is 19.6. The van der Waals surface area contributed by atoms with Gasteiger partial charge in [-0.1, -0.05) is 30.5 Å². The van der Waals surface area contributed by atoms with E-state index in [0.29, 0.717) is 38.5 Å². The first-order chi connectivity index (χ1) is 12.0. The molecule has 2 fully saturated rings. The maximum Gasteiger partial charge on any atom is 0.312 e. The van der Waals surface area contributed by atoms with Gasteiger partial charge in [0.1, 0.15) is 5.82 Å². The third kappa shape index (κ3) is 3.81. The average Bonchev–Trinajstić information content (AvgIpc) is 3.39. The van der Waals surface area contributed by atoms with E-state index in [2.05, 4.69) is 0 Å². The van der Waals surface area contributed by atoms with Crippen LogP contribution in [0.2, 0.25) is 5.02 Å². The SMILES string of the molecule is CCOC(=O)C1(CC2CC2)CCN(C(=O)c2c(F)cccc2Cl)CC1. The molecule has 0 aromatic heterocycles. The molecule has 1 saturated carbocycles. The van der Waals surface area contributed by atoms with Gasteiger partial charge in [-0.25, -0.2) is 4.39 Å². The Bertz CT molecular complexity index is 646. The molecular weight excluding hydrogens is 345 g/mol. The van der Waals surface area contributed by atoms with Gasteiger partial charge in [0, 0.05) is 13.1 Å². The molecule has 4 nitrogen and oxygen atoms in total. The van der Waals surface area contributed by atoms with E-state index in [0.717, 1.165) is 19.3 Å². The van der Waals surface area contributed by atoms with Crippen molar-refractivity contribution in [1.29, 1.82) is 0 Å². The topological polar surface area (TPSA) is 46.6 Å². The van der Waals surface area contributed by atoms with Gasteiger partial charge in [-0.3, -0.25) is 9.59 Å². The highest BCUT2D eigenvalue weighted by molar-refractivity contribution is 6.33. The highest BCUT2D eigenvalue weighted by Crippen LogP contribution is 2.46. The van der Waals surface area contributed by atoms with Crippen LogP contribution in [-0.2, 0) is 9.53 Å². The van der Waals surface area contributed by atoms with Gasteiger partial charge >= 0.3 is 5.97 Å². The molecule has 1 heterocycles. The van der Waals surface area contributed by atoms with Gasteiger partial charge in [0.25, 0.3) is 5.91 Å². The van der Waals surface area contributed by atoms with Crippen molar-refractivity contribution in [2.45, 2.75) is 39.0 Å². The lowest BCUT2D eigenvalue weighted by Gasteiger charge is -2.40. The van der Waals surface area contributed by atoms with E-state index in [9.17, 15) is 14.0 Å². The molecule has 2 aliphatic rings. The van der Waals surface area contributed by atoms with Crippen molar-refractivity contribution in [3.05, 3.63) is 34.6 Å². The second kappa shape index (κ2) is 7.32. The first-order valence-electron chi connectivity index (χ1n) is 8.87. The second-order valence-electron chi connectivity index (χ2n) is 7.04. The van der Waals surface area contributed by atoms with Gasteiger partial charge in [-0.05, 0) is 44.2 Å². The van der Waals surface area contributed by atoms with Gasteiger partial charge < -0.3 is 9.64 Å². The van der Waals surface area contributed by atoms with Crippen molar-refractivity contribution in [2.24, 2.45) is 11.3 Å². The fraction of sp³-hybridized carbons (Fsp3) is 0.579. The summed E-state index contributed by atoms with van der Waals surface area (Å²) in [4.78, 5) is 26.8. The molecule has 1 aliphatic heterocycles. The number of amides is 1. The number of piperidine rings is 1. The van der Waals surface area contributed by atoms with Crippen LogP contribution in [0.25, 0.3) is 0 Å². The molecule has 0 N–H and O–H groups in total. The predicted octanol–water partition coefficient (Wildman–Crippen LogP) is 4.06. The summed E-state index contributed by atoms with van der Waals surface area (Å²) in [5, 5.41) is 0.116. The molecule has 0 spiro atoms. The van der Waals surface area contributed by atoms with E-state index >= 15 is 0 Å². The van der Waals surface area contributed by atoms with Crippen molar-refractivity contribution in [1.82, 2.24) is 4.90 Å². The van der Waals surface area contributed by atoms with Gasteiger partial charge in [0.15, 0.2) is 0 Å². The second-order valence-corrected chi connectivity index (χ2v) is 7.44. The van der Waals surface area contributed by atoms with Crippen LogP contribution in [-0.4, -0.2) is 36.5 Å². The molecule has 3 rings (SSSR count). The lowest BCUT2D eigenvalue weighted by Crippen LogP contribution is -2.47. The maximum absolute atomic E-state index is 14.0. The van der Waals surface area contributed by atoms with E-state index in [1.165, 1.54) is 18.2 Å². The molecule has 1 aliphatic carbocycles. The van der Waals surface area contributed by atoms with Crippen molar-refractivity contribution >= 4 is 23.5 Å². The Morgan fingerprint density at radius 3 is 2.56 bits per heavy atom. The Labute approximate surface area is 152 Å². The molecule has 0 atom stereocenters. The quantitative estimate of drug-likeness (QED) is 0.737. The summed E-state index contributed by atoms with van der Waals surface area (Å²) in [5.41, 5.74) is -0.595. The third-order valence-electron chi connectivity index (χ3n) is 5.27. The van der Waals surface area contributed by atoms with Crippen LogP contribution < -0.4 is 0 Å². The number of hydrogen-bond acceptors (Lipinski definition) is 3. The summed E-state index contributed by atoms with van der Waals surface area (Å²) in [6, 6.07) is 4.23. The zero-order valence-corrected chi connectivity index (χ0v) is 15.2. The lowest BCUT2D eigenvalue weighted by atomic mass is 9.74. The minimum absolute atomic E-state index is 0.0880. The molecule has 0 radical (unpaired) electrons. The van der Waals surface area contributed by atoms with Crippen molar-refractivity contribution in [2.75, 3.05) is 19.7 Å². The monoisotopic (exact) mass is 367 g/mol. The minimum atomic E-state index is -0.613. The number of likely N-dealkylation sites (tertiary alicyclic amines) is 1. The molecule has 0 unspecified atom stereocenters. The number of benzene rings is 1. The van der Waals surface area contributed by atoms with Crippen LogP contribution >= 0.6 is 11.6 Å². The summed E-state index contributed by atoms with van der Waals surface area (Å²) >= 11 is 6.01. The van der Waals surface area contributed by atoms with Crippen molar-refractivity contribution in [3.63, 3.8) is 0 Å². The zero-order valence-electron chi connectivity index (χ0n) is 14.4. The van der Waals surface area contributed by atoms with Crippen LogP contribution in [0.5, 0.6) is 0 Å². The first kappa shape index (κ1) is 18.2. The molecule has 6 heteroatoms. The van der Waals surface area contributed by atoms with Gasteiger partial charge in [0.05, 0.1) is 22.6 Å².